The van der Waals surface area contributed by atoms with Crippen LogP contribution in [0, 0.1) is 5.92 Å². The number of halogens is 1. The zero-order valence-corrected chi connectivity index (χ0v) is 24.7. The molecule has 4 N–H and O–H groups in total. The monoisotopic (exact) mass is 583 g/mol. The number of thiophene rings is 1. The summed E-state index contributed by atoms with van der Waals surface area (Å²) in [7, 11) is 1.88. The van der Waals surface area contributed by atoms with E-state index in [1.807, 2.05) is 54.4 Å². The Hall–Kier alpha value is -2.91. The number of rotatable bonds is 11. The minimum atomic E-state index is -1.33. The number of amides is 2. The van der Waals surface area contributed by atoms with Gasteiger partial charge in [-0.25, -0.2) is 4.79 Å². The third-order valence-electron chi connectivity index (χ3n) is 7.72. The number of aryl methyl sites for hydroxylation is 1. The Balaban J connectivity index is 1.70. The molecular formula is C31H38ClN3O4S. The molecule has 214 valence electrons. The van der Waals surface area contributed by atoms with Crippen molar-refractivity contribution in [2.75, 3.05) is 26.7 Å². The summed E-state index contributed by atoms with van der Waals surface area (Å²) >= 11 is 8.32. The van der Waals surface area contributed by atoms with Gasteiger partial charge in [-0.05, 0) is 74.0 Å². The third-order valence-corrected chi connectivity index (χ3v) is 9.11. The van der Waals surface area contributed by atoms with Crippen LogP contribution >= 0.6 is 22.9 Å². The first-order chi connectivity index (χ1) is 19.3. The van der Waals surface area contributed by atoms with E-state index in [9.17, 15) is 14.7 Å². The Morgan fingerprint density at radius 2 is 1.98 bits per heavy atom. The molecule has 2 heterocycles. The molecule has 0 unspecified atom stereocenters. The predicted octanol–water partition coefficient (Wildman–Crippen LogP) is 6.14. The van der Waals surface area contributed by atoms with Gasteiger partial charge in [0.05, 0.1) is 10.5 Å². The van der Waals surface area contributed by atoms with Crippen LogP contribution in [0.3, 0.4) is 0 Å². The van der Waals surface area contributed by atoms with Crippen molar-refractivity contribution in [2.24, 2.45) is 5.92 Å². The maximum Gasteiger partial charge on any atom is 0.404 e. The average Bonchev–Trinajstić information content (AvgIpc) is 3.43. The lowest BCUT2D eigenvalue weighted by atomic mass is 9.72. The van der Waals surface area contributed by atoms with Gasteiger partial charge in [0.2, 0.25) is 0 Å². The molecule has 1 aliphatic rings. The number of piperidine rings is 1. The lowest BCUT2D eigenvalue weighted by Crippen LogP contribution is -2.48. The van der Waals surface area contributed by atoms with Gasteiger partial charge in [-0.2, -0.15) is 0 Å². The highest BCUT2D eigenvalue weighted by Gasteiger charge is 2.43. The molecule has 1 aliphatic heterocycles. The molecule has 2 aromatic carbocycles. The predicted molar refractivity (Wildman–Crippen MR) is 161 cm³/mol. The number of carbonyl (C=O) groups is 2. The molecule has 4 rings (SSSR count). The Kier molecular flexibility index (Phi) is 10.2. The molecule has 9 heteroatoms. The van der Waals surface area contributed by atoms with Crippen LogP contribution in [0.25, 0.3) is 11.1 Å². The molecule has 2 atom stereocenters. The molecule has 2 amide bonds. The lowest BCUT2D eigenvalue weighted by molar-refractivity contribution is -0.0562. The van der Waals surface area contributed by atoms with Gasteiger partial charge in [-0.1, -0.05) is 54.9 Å². The van der Waals surface area contributed by atoms with Gasteiger partial charge in [-0.3, -0.25) is 4.79 Å². The number of hydrogen-bond acceptors (Lipinski definition) is 5. The highest BCUT2D eigenvalue weighted by Crippen LogP contribution is 2.46. The molecule has 1 aromatic heterocycles. The summed E-state index contributed by atoms with van der Waals surface area (Å²) < 4.78 is 0. The number of likely N-dealkylation sites (tertiary alicyclic amines) is 1. The Bertz CT molecular complexity index is 1330. The third kappa shape index (κ3) is 6.86. The van der Waals surface area contributed by atoms with Crippen molar-refractivity contribution in [2.45, 2.75) is 51.2 Å². The number of nitrogens with one attached hydrogen (secondary N) is 2. The van der Waals surface area contributed by atoms with Gasteiger partial charge >= 0.3 is 6.09 Å². The number of hydrogen-bond donors (Lipinski definition) is 4. The molecule has 1 saturated heterocycles. The Morgan fingerprint density at radius 3 is 2.73 bits per heavy atom. The van der Waals surface area contributed by atoms with E-state index in [1.54, 1.807) is 0 Å². The minimum absolute atomic E-state index is 0.0195. The fourth-order valence-corrected chi connectivity index (χ4v) is 6.98. The first-order valence-electron chi connectivity index (χ1n) is 13.9. The fraction of sp³-hybridized carbons (Fsp3) is 0.419. The number of benzene rings is 2. The maximum atomic E-state index is 13.5. The van der Waals surface area contributed by atoms with Crippen LogP contribution in [0.4, 0.5) is 4.79 Å². The molecular weight excluding hydrogens is 546 g/mol. The topological polar surface area (TPSA) is 102 Å². The zero-order chi connectivity index (χ0) is 28.7. The standard InChI is InChI=1S/C31H38ClN3O4S/c1-3-21-8-4-9-22(18-21)28-25(11-5-12-26(28)32)31(39,15-7-16-34-30(37)38)23-10-6-17-35(20-23)29(36)27-14-13-24(40-27)19-33-2/h4-5,8-9,11-14,18,23,33-34,39H,3,6-7,10,15-17,19-20H2,1-2H3,(H,37,38)/t23-,31+/m1/s1. The van der Waals surface area contributed by atoms with Gasteiger partial charge in [0.15, 0.2) is 0 Å². The van der Waals surface area contributed by atoms with Crippen molar-refractivity contribution >= 4 is 34.9 Å². The Morgan fingerprint density at radius 1 is 1.18 bits per heavy atom. The number of carboxylic acid groups (broad SMARTS) is 1. The number of aliphatic hydroxyl groups is 1. The SMILES string of the molecule is CCc1cccc(-c2c(Cl)cccc2[C@](O)(CCCNC(=O)O)[C@@H]2CCCN(C(=O)c3ccc(CNC)s3)C2)c1. The highest BCUT2D eigenvalue weighted by molar-refractivity contribution is 7.14. The number of nitrogens with zero attached hydrogens (tertiary/aromatic N) is 1. The zero-order valence-electron chi connectivity index (χ0n) is 23.1. The highest BCUT2D eigenvalue weighted by atomic mass is 35.5. The van der Waals surface area contributed by atoms with Crippen molar-refractivity contribution < 1.29 is 19.8 Å². The normalized spacial score (nSPS) is 16.9. The van der Waals surface area contributed by atoms with Crippen LogP contribution in [0.2, 0.25) is 5.02 Å². The van der Waals surface area contributed by atoms with Gasteiger partial charge in [0, 0.05) is 47.6 Å². The fourth-order valence-electron chi connectivity index (χ4n) is 5.71. The first kappa shape index (κ1) is 30.1. The summed E-state index contributed by atoms with van der Waals surface area (Å²) in [5.74, 6) is -0.271. The summed E-state index contributed by atoms with van der Waals surface area (Å²) in [5.41, 5.74) is 2.28. The van der Waals surface area contributed by atoms with Crippen LogP contribution in [0.15, 0.2) is 54.6 Å². The second-order valence-corrected chi connectivity index (χ2v) is 11.9. The molecule has 0 bridgehead atoms. The van der Waals surface area contributed by atoms with E-state index in [2.05, 4.69) is 29.7 Å². The molecule has 0 spiro atoms. The van der Waals surface area contributed by atoms with Gasteiger partial charge in [0.1, 0.15) is 0 Å². The summed E-state index contributed by atoms with van der Waals surface area (Å²) in [6, 6.07) is 17.7. The molecule has 7 nitrogen and oxygen atoms in total. The van der Waals surface area contributed by atoms with Crippen LogP contribution in [-0.4, -0.2) is 53.8 Å². The van der Waals surface area contributed by atoms with E-state index >= 15 is 0 Å². The van der Waals surface area contributed by atoms with Gasteiger partial charge in [0.25, 0.3) is 5.91 Å². The van der Waals surface area contributed by atoms with Crippen molar-refractivity contribution in [3.05, 3.63) is 80.5 Å². The van der Waals surface area contributed by atoms with E-state index in [-0.39, 0.29) is 18.4 Å². The average molecular weight is 584 g/mol. The molecule has 40 heavy (non-hydrogen) atoms. The van der Waals surface area contributed by atoms with E-state index in [0.717, 1.165) is 40.8 Å². The summed E-state index contributed by atoms with van der Waals surface area (Å²) in [5, 5.41) is 27.8. The summed E-state index contributed by atoms with van der Waals surface area (Å²) in [4.78, 5) is 28.3. The molecule has 0 radical (unpaired) electrons. The van der Waals surface area contributed by atoms with E-state index in [0.29, 0.717) is 42.4 Å². The molecule has 3 aromatic rings. The molecule has 0 saturated carbocycles. The van der Waals surface area contributed by atoms with E-state index in [4.69, 9.17) is 16.7 Å². The Labute approximate surface area is 245 Å². The second-order valence-electron chi connectivity index (χ2n) is 10.4. The smallest absolute Gasteiger partial charge is 0.404 e. The molecule has 1 fully saturated rings. The van der Waals surface area contributed by atoms with E-state index in [1.165, 1.54) is 16.9 Å². The lowest BCUT2D eigenvalue weighted by Gasteiger charge is -2.43. The van der Waals surface area contributed by atoms with Gasteiger partial charge in [-0.15, -0.1) is 11.3 Å². The largest absolute Gasteiger partial charge is 0.465 e. The summed E-state index contributed by atoms with van der Waals surface area (Å²) in [6.45, 7) is 4.06. The number of carbonyl (C=O) groups excluding carboxylic acids is 1. The summed E-state index contributed by atoms with van der Waals surface area (Å²) in [6.07, 6.45) is 2.05. The first-order valence-corrected chi connectivity index (χ1v) is 15.1. The van der Waals surface area contributed by atoms with Crippen LogP contribution < -0.4 is 10.6 Å². The molecule has 0 aliphatic carbocycles. The van der Waals surface area contributed by atoms with Crippen LogP contribution in [-0.2, 0) is 18.6 Å². The van der Waals surface area contributed by atoms with Gasteiger partial charge < -0.3 is 25.7 Å². The maximum absolute atomic E-state index is 13.5. The quantitative estimate of drug-likeness (QED) is 0.203. The second kappa shape index (κ2) is 13.6. The van der Waals surface area contributed by atoms with E-state index < -0.39 is 11.7 Å². The van der Waals surface area contributed by atoms with Crippen molar-refractivity contribution in [1.29, 1.82) is 0 Å². The van der Waals surface area contributed by atoms with Crippen molar-refractivity contribution in [3.8, 4) is 11.1 Å². The van der Waals surface area contributed by atoms with Crippen LogP contribution in [0.5, 0.6) is 0 Å². The van der Waals surface area contributed by atoms with Crippen molar-refractivity contribution in [1.82, 2.24) is 15.5 Å². The van der Waals surface area contributed by atoms with Crippen LogP contribution in [0.1, 0.15) is 58.3 Å². The van der Waals surface area contributed by atoms with Crippen molar-refractivity contribution in [3.63, 3.8) is 0 Å². The minimum Gasteiger partial charge on any atom is -0.465 e.